The molecule has 1 aromatic heterocycles. The number of rotatable bonds is 4. The Labute approximate surface area is 121 Å². The summed E-state index contributed by atoms with van der Waals surface area (Å²) < 4.78 is 4.98. The van der Waals surface area contributed by atoms with Crippen molar-refractivity contribution in [3.63, 3.8) is 0 Å². The molecule has 7 heteroatoms. The van der Waals surface area contributed by atoms with Gasteiger partial charge in [-0.3, -0.25) is 9.59 Å². The zero-order chi connectivity index (χ0) is 13.7. The van der Waals surface area contributed by atoms with E-state index in [0.29, 0.717) is 11.4 Å². The van der Waals surface area contributed by atoms with E-state index in [9.17, 15) is 9.59 Å². The predicted octanol–water partition coefficient (Wildman–Crippen LogP) is 1.85. The van der Waals surface area contributed by atoms with Crippen LogP contribution in [0.25, 0.3) is 0 Å². The fourth-order valence-corrected chi connectivity index (χ4v) is 1.45. The molecule has 0 bridgehead atoms. The summed E-state index contributed by atoms with van der Waals surface area (Å²) in [6.45, 7) is -0.0724. The number of furan rings is 1. The molecule has 6 nitrogen and oxygen atoms in total. The number of hydrogen-bond acceptors (Lipinski definition) is 4. The number of amides is 2. The van der Waals surface area contributed by atoms with Gasteiger partial charge in [0.25, 0.3) is 5.91 Å². The summed E-state index contributed by atoms with van der Waals surface area (Å²) in [5.41, 5.74) is 6.41. The number of halogens is 1. The number of anilines is 2. The van der Waals surface area contributed by atoms with Crippen LogP contribution in [0, 0.1) is 0 Å². The smallest absolute Gasteiger partial charge is 0.291 e. The van der Waals surface area contributed by atoms with Crippen LogP contribution in [-0.2, 0) is 4.79 Å². The molecule has 2 aromatic rings. The molecule has 1 aromatic carbocycles. The van der Waals surface area contributed by atoms with Gasteiger partial charge in [0.2, 0.25) is 5.91 Å². The molecule has 0 radical (unpaired) electrons. The van der Waals surface area contributed by atoms with Gasteiger partial charge in [-0.05, 0) is 36.4 Å². The minimum atomic E-state index is -0.330. The van der Waals surface area contributed by atoms with Gasteiger partial charge < -0.3 is 20.8 Å². The van der Waals surface area contributed by atoms with Crippen LogP contribution in [0.4, 0.5) is 11.4 Å². The van der Waals surface area contributed by atoms with Crippen molar-refractivity contribution in [2.45, 2.75) is 0 Å². The normalized spacial score (nSPS) is 9.45. The van der Waals surface area contributed by atoms with Crippen molar-refractivity contribution in [1.82, 2.24) is 0 Å². The van der Waals surface area contributed by atoms with Crippen molar-refractivity contribution >= 4 is 35.6 Å². The molecular formula is C13H14ClN3O3. The SMILES string of the molecule is Cl.NCC(=O)Nc1ccc(NC(=O)c2ccco2)cc1. The van der Waals surface area contributed by atoms with E-state index in [0.717, 1.165) is 0 Å². The van der Waals surface area contributed by atoms with Gasteiger partial charge >= 0.3 is 0 Å². The quantitative estimate of drug-likeness (QED) is 0.802. The molecule has 0 saturated heterocycles. The van der Waals surface area contributed by atoms with E-state index in [1.54, 1.807) is 36.4 Å². The van der Waals surface area contributed by atoms with E-state index in [-0.39, 0.29) is 36.5 Å². The van der Waals surface area contributed by atoms with Crippen molar-refractivity contribution in [3.05, 3.63) is 48.4 Å². The van der Waals surface area contributed by atoms with Gasteiger partial charge in [0.1, 0.15) is 0 Å². The third-order valence-electron chi connectivity index (χ3n) is 2.36. The molecular weight excluding hydrogens is 282 g/mol. The Kier molecular flexibility index (Phi) is 5.76. The topological polar surface area (TPSA) is 97.4 Å². The van der Waals surface area contributed by atoms with Crippen LogP contribution >= 0.6 is 12.4 Å². The van der Waals surface area contributed by atoms with Gasteiger partial charge in [0, 0.05) is 11.4 Å². The van der Waals surface area contributed by atoms with Crippen LogP contribution in [0.1, 0.15) is 10.6 Å². The molecule has 0 fully saturated rings. The van der Waals surface area contributed by atoms with Crippen molar-refractivity contribution in [3.8, 4) is 0 Å². The second-order valence-corrected chi connectivity index (χ2v) is 3.76. The summed E-state index contributed by atoms with van der Waals surface area (Å²) in [5.74, 6) is -0.364. The Morgan fingerprint density at radius 2 is 1.65 bits per heavy atom. The second-order valence-electron chi connectivity index (χ2n) is 3.76. The van der Waals surface area contributed by atoms with Crippen molar-refractivity contribution in [2.75, 3.05) is 17.2 Å². The number of hydrogen-bond donors (Lipinski definition) is 3. The van der Waals surface area contributed by atoms with Gasteiger partial charge in [-0.15, -0.1) is 12.4 Å². The minimum Gasteiger partial charge on any atom is -0.459 e. The maximum atomic E-state index is 11.7. The largest absolute Gasteiger partial charge is 0.459 e. The number of benzene rings is 1. The average Bonchev–Trinajstić information content (AvgIpc) is 2.95. The fourth-order valence-electron chi connectivity index (χ4n) is 1.45. The molecule has 0 aliphatic carbocycles. The Hall–Kier alpha value is -2.31. The van der Waals surface area contributed by atoms with Gasteiger partial charge in [0.15, 0.2) is 5.76 Å². The maximum absolute atomic E-state index is 11.7. The number of nitrogens with two attached hydrogens (primary N) is 1. The highest BCUT2D eigenvalue weighted by atomic mass is 35.5. The van der Waals surface area contributed by atoms with Gasteiger partial charge in [-0.1, -0.05) is 0 Å². The molecule has 0 saturated carbocycles. The number of nitrogens with one attached hydrogen (secondary N) is 2. The second kappa shape index (κ2) is 7.32. The molecule has 0 atom stereocenters. The van der Waals surface area contributed by atoms with Gasteiger partial charge in [0.05, 0.1) is 12.8 Å². The lowest BCUT2D eigenvalue weighted by Gasteiger charge is -2.06. The first-order valence-electron chi connectivity index (χ1n) is 5.64. The Balaban J connectivity index is 0.00000200. The van der Waals surface area contributed by atoms with E-state index in [1.165, 1.54) is 6.26 Å². The predicted molar refractivity (Wildman–Crippen MR) is 78.0 cm³/mol. The van der Waals surface area contributed by atoms with E-state index in [2.05, 4.69) is 10.6 Å². The summed E-state index contributed by atoms with van der Waals surface area (Å²) >= 11 is 0. The summed E-state index contributed by atoms with van der Waals surface area (Å²) in [6, 6.07) is 9.90. The molecule has 106 valence electrons. The molecule has 2 rings (SSSR count). The van der Waals surface area contributed by atoms with Crippen LogP contribution in [0.2, 0.25) is 0 Å². The Morgan fingerprint density at radius 3 is 2.15 bits per heavy atom. The molecule has 2 amide bonds. The van der Waals surface area contributed by atoms with Crippen molar-refractivity contribution in [2.24, 2.45) is 5.73 Å². The van der Waals surface area contributed by atoms with Crippen molar-refractivity contribution < 1.29 is 14.0 Å². The van der Waals surface area contributed by atoms with E-state index in [1.807, 2.05) is 0 Å². The van der Waals surface area contributed by atoms with E-state index >= 15 is 0 Å². The monoisotopic (exact) mass is 295 g/mol. The Bertz CT molecular complexity index is 567. The van der Waals surface area contributed by atoms with Crippen LogP contribution in [-0.4, -0.2) is 18.4 Å². The summed E-state index contributed by atoms with van der Waals surface area (Å²) in [6.07, 6.45) is 1.43. The molecule has 0 spiro atoms. The van der Waals surface area contributed by atoms with Gasteiger partial charge in [-0.2, -0.15) is 0 Å². The number of carbonyl (C=O) groups is 2. The molecule has 0 aliphatic rings. The highest BCUT2D eigenvalue weighted by Crippen LogP contribution is 2.14. The lowest BCUT2D eigenvalue weighted by atomic mass is 10.2. The Morgan fingerprint density at radius 1 is 1.05 bits per heavy atom. The standard InChI is InChI=1S/C13H13N3O3.ClH/c14-8-12(17)15-9-3-5-10(6-4-9)16-13(18)11-2-1-7-19-11;/h1-7H,8,14H2,(H,15,17)(H,16,18);1H. The highest BCUT2D eigenvalue weighted by Gasteiger charge is 2.08. The molecule has 0 aliphatic heterocycles. The third-order valence-corrected chi connectivity index (χ3v) is 2.36. The first-order valence-corrected chi connectivity index (χ1v) is 5.64. The molecule has 1 heterocycles. The zero-order valence-corrected chi connectivity index (χ0v) is 11.3. The van der Waals surface area contributed by atoms with E-state index < -0.39 is 0 Å². The van der Waals surface area contributed by atoms with Crippen molar-refractivity contribution in [1.29, 1.82) is 0 Å². The summed E-state index contributed by atoms with van der Waals surface area (Å²) in [7, 11) is 0. The average molecular weight is 296 g/mol. The molecule has 0 unspecified atom stereocenters. The van der Waals surface area contributed by atoms with Crippen LogP contribution in [0.5, 0.6) is 0 Å². The van der Waals surface area contributed by atoms with Crippen LogP contribution < -0.4 is 16.4 Å². The van der Waals surface area contributed by atoms with Crippen LogP contribution in [0.15, 0.2) is 47.1 Å². The lowest BCUT2D eigenvalue weighted by molar-refractivity contribution is -0.114. The fraction of sp³-hybridized carbons (Fsp3) is 0.0769. The zero-order valence-electron chi connectivity index (χ0n) is 10.5. The maximum Gasteiger partial charge on any atom is 0.291 e. The van der Waals surface area contributed by atoms with Gasteiger partial charge in [-0.25, -0.2) is 0 Å². The molecule has 20 heavy (non-hydrogen) atoms. The summed E-state index contributed by atoms with van der Waals surface area (Å²) in [5, 5.41) is 5.27. The lowest BCUT2D eigenvalue weighted by Crippen LogP contribution is -2.21. The first kappa shape index (κ1) is 15.7. The summed E-state index contributed by atoms with van der Waals surface area (Å²) in [4.78, 5) is 22.8. The first-order chi connectivity index (χ1) is 9.19. The third kappa shape index (κ3) is 4.11. The highest BCUT2D eigenvalue weighted by molar-refractivity contribution is 6.02. The van der Waals surface area contributed by atoms with E-state index in [4.69, 9.17) is 10.2 Å². The minimum absolute atomic E-state index is 0. The number of carbonyl (C=O) groups excluding carboxylic acids is 2. The molecule has 4 N–H and O–H groups in total. The van der Waals surface area contributed by atoms with Crippen LogP contribution in [0.3, 0.4) is 0 Å².